The largest absolute Gasteiger partial charge is 0.393 e. The summed E-state index contributed by atoms with van der Waals surface area (Å²) in [5, 5.41) is 13.2. The first-order chi connectivity index (χ1) is 7.93. The van der Waals surface area contributed by atoms with Crippen LogP contribution in [-0.2, 0) is 4.74 Å². The predicted octanol–water partition coefficient (Wildman–Crippen LogP) is 2.33. The first-order valence-corrected chi connectivity index (χ1v) is 6.89. The molecule has 1 rings (SSSR count). The van der Waals surface area contributed by atoms with Crippen LogP contribution in [0.3, 0.4) is 0 Å². The van der Waals surface area contributed by atoms with E-state index in [1.165, 1.54) is 12.8 Å². The van der Waals surface area contributed by atoms with Gasteiger partial charge in [0.1, 0.15) is 0 Å². The summed E-state index contributed by atoms with van der Waals surface area (Å²) in [6.07, 6.45) is 5.33. The number of aliphatic hydroxyl groups is 1. The predicted molar refractivity (Wildman–Crippen MR) is 71.1 cm³/mol. The van der Waals surface area contributed by atoms with Gasteiger partial charge in [0.15, 0.2) is 0 Å². The standard InChI is InChI=1S/C14H29NO2/c1-11(9-14(2,3)17-4)15-10-12-6-5-7-13(16)8-12/h11-13,15-16H,5-10H2,1-4H3. The maximum absolute atomic E-state index is 9.62. The van der Waals surface area contributed by atoms with Crippen LogP contribution >= 0.6 is 0 Å². The van der Waals surface area contributed by atoms with Crippen LogP contribution in [0.25, 0.3) is 0 Å². The second-order valence-corrected chi connectivity index (χ2v) is 6.16. The Morgan fingerprint density at radius 2 is 2.12 bits per heavy atom. The molecule has 2 N–H and O–H groups in total. The summed E-state index contributed by atoms with van der Waals surface area (Å²) < 4.78 is 5.44. The summed E-state index contributed by atoms with van der Waals surface area (Å²) in [5.41, 5.74) is -0.0570. The molecule has 0 saturated heterocycles. The third kappa shape index (κ3) is 5.84. The molecule has 0 heterocycles. The molecule has 0 bridgehead atoms. The van der Waals surface area contributed by atoms with Gasteiger partial charge in [-0.15, -0.1) is 0 Å². The van der Waals surface area contributed by atoms with Crippen LogP contribution in [0.1, 0.15) is 52.9 Å². The fourth-order valence-corrected chi connectivity index (χ4v) is 2.71. The summed E-state index contributed by atoms with van der Waals surface area (Å²) in [7, 11) is 1.77. The van der Waals surface area contributed by atoms with Gasteiger partial charge in [-0.1, -0.05) is 6.42 Å². The van der Waals surface area contributed by atoms with E-state index in [0.29, 0.717) is 12.0 Å². The molecule has 102 valence electrons. The highest BCUT2D eigenvalue weighted by Crippen LogP contribution is 2.24. The molecule has 3 nitrogen and oxygen atoms in total. The van der Waals surface area contributed by atoms with Gasteiger partial charge in [-0.2, -0.15) is 0 Å². The van der Waals surface area contributed by atoms with Gasteiger partial charge in [-0.25, -0.2) is 0 Å². The fourth-order valence-electron chi connectivity index (χ4n) is 2.71. The number of methoxy groups -OCH3 is 1. The van der Waals surface area contributed by atoms with Crippen molar-refractivity contribution >= 4 is 0 Å². The number of nitrogens with one attached hydrogen (secondary N) is 1. The van der Waals surface area contributed by atoms with Gasteiger partial charge < -0.3 is 15.2 Å². The number of ether oxygens (including phenoxy) is 1. The highest BCUT2D eigenvalue weighted by atomic mass is 16.5. The van der Waals surface area contributed by atoms with Crippen LogP contribution in [0.4, 0.5) is 0 Å². The maximum atomic E-state index is 9.62. The number of hydrogen-bond donors (Lipinski definition) is 2. The van der Waals surface area contributed by atoms with Crippen molar-refractivity contribution in [3.63, 3.8) is 0 Å². The van der Waals surface area contributed by atoms with Crippen molar-refractivity contribution < 1.29 is 9.84 Å². The Morgan fingerprint density at radius 1 is 1.41 bits per heavy atom. The van der Waals surface area contributed by atoms with E-state index in [2.05, 4.69) is 26.1 Å². The van der Waals surface area contributed by atoms with Gasteiger partial charge in [0.25, 0.3) is 0 Å². The molecule has 0 amide bonds. The second-order valence-electron chi connectivity index (χ2n) is 6.16. The van der Waals surface area contributed by atoms with E-state index >= 15 is 0 Å². The van der Waals surface area contributed by atoms with Crippen LogP contribution in [0.5, 0.6) is 0 Å². The normalized spacial score (nSPS) is 28.1. The number of rotatable bonds is 6. The van der Waals surface area contributed by atoms with Crippen LogP contribution in [0.15, 0.2) is 0 Å². The van der Waals surface area contributed by atoms with E-state index in [4.69, 9.17) is 4.74 Å². The van der Waals surface area contributed by atoms with Gasteiger partial charge in [0.2, 0.25) is 0 Å². The van der Waals surface area contributed by atoms with Gasteiger partial charge in [-0.05, 0) is 58.9 Å². The molecule has 17 heavy (non-hydrogen) atoms. The summed E-state index contributed by atoms with van der Waals surface area (Å²) in [6, 6.07) is 0.462. The van der Waals surface area contributed by atoms with E-state index in [9.17, 15) is 5.11 Å². The van der Waals surface area contributed by atoms with E-state index in [1.807, 2.05) is 0 Å². The Bertz CT molecular complexity index is 218. The third-order valence-corrected chi connectivity index (χ3v) is 3.86. The molecule has 3 heteroatoms. The van der Waals surface area contributed by atoms with E-state index < -0.39 is 0 Å². The molecular formula is C14H29NO2. The van der Waals surface area contributed by atoms with Gasteiger partial charge in [-0.3, -0.25) is 0 Å². The van der Waals surface area contributed by atoms with Crippen LogP contribution in [-0.4, -0.2) is 36.5 Å². The van der Waals surface area contributed by atoms with E-state index in [0.717, 1.165) is 25.8 Å². The SMILES string of the molecule is COC(C)(C)CC(C)NCC1CCCC(O)C1. The molecule has 0 aromatic carbocycles. The third-order valence-electron chi connectivity index (χ3n) is 3.86. The Morgan fingerprint density at radius 3 is 2.71 bits per heavy atom. The maximum Gasteiger partial charge on any atom is 0.0637 e. The quantitative estimate of drug-likeness (QED) is 0.752. The number of hydrogen-bond acceptors (Lipinski definition) is 3. The van der Waals surface area contributed by atoms with Crippen molar-refractivity contribution in [2.75, 3.05) is 13.7 Å². The van der Waals surface area contributed by atoms with Crippen molar-refractivity contribution in [2.24, 2.45) is 5.92 Å². The molecule has 1 fully saturated rings. The second kappa shape index (κ2) is 6.72. The van der Waals surface area contributed by atoms with Crippen LogP contribution in [0, 0.1) is 5.92 Å². The Kier molecular flexibility index (Phi) is 5.90. The van der Waals surface area contributed by atoms with E-state index in [1.54, 1.807) is 7.11 Å². The Hall–Kier alpha value is -0.120. The molecule has 1 aliphatic carbocycles. The van der Waals surface area contributed by atoms with Crippen molar-refractivity contribution in [3.05, 3.63) is 0 Å². The van der Waals surface area contributed by atoms with Crippen LogP contribution in [0.2, 0.25) is 0 Å². The van der Waals surface area contributed by atoms with Crippen molar-refractivity contribution in [1.82, 2.24) is 5.32 Å². The summed E-state index contributed by atoms with van der Waals surface area (Å²) in [4.78, 5) is 0. The minimum absolute atomic E-state index is 0.0570. The molecule has 0 aliphatic heterocycles. The molecular weight excluding hydrogens is 214 g/mol. The van der Waals surface area contributed by atoms with Crippen LogP contribution < -0.4 is 5.32 Å². The average molecular weight is 243 g/mol. The molecule has 3 unspecified atom stereocenters. The average Bonchev–Trinajstić information content (AvgIpc) is 2.26. The molecule has 0 radical (unpaired) electrons. The highest BCUT2D eigenvalue weighted by Gasteiger charge is 2.23. The topological polar surface area (TPSA) is 41.5 Å². The first kappa shape index (κ1) is 14.9. The Balaban J connectivity index is 2.21. The monoisotopic (exact) mass is 243 g/mol. The van der Waals surface area contributed by atoms with Crippen molar-refractivity contribution in [3.8, 4) is 0 Å². The molecule has 3 atom stereocenters. The summed E-state index contributed by atoms with van der Waals surface area (Å²) >= 11 is 0. The molecule has 0 aromatic rings. The molecule has 0 spiro atoms. The minimum Gasteiger partial charge on any atom is -0.393 e. The van der Waals surface area contributed by atoms with Gasteiger partial charge in [0, 0.05) is 13.2 Å². The fraction of sp³-hybridized carbons (Fsp3) is 1.00. The summed E-state index contributed by atoms with van der Waals surface area (Å²) in [5.74, 6) is 0.645. The number of aliphatic hydroxyl groups excluding tert-OH is 1. The van der Waals surface area contributed by atoms with E-state index in [-0.39, 0.29) is 11.7 Å². The lowest BCUT2D eigenvalue weighted by Gasteiger charge is -2.30. The van der Waals surface area contributed by atoms with Crippen molar-refractivity contribution in [2.45, 2.75) is 70.6 Å². The summed E-state index contributed by atoms with van der Waals surface area (Å²) in [6.45, 7) is 7.48. The van der Waals surface area contributed by atoms with Crippen molar-refractivity contribution in [1.29, 1.82) is 0 Å². The zero-order valence-corrected chi connectivity index (χ0v) is 11.8. The lowest BCUT2D eigenvalue weighted by atomic mass is 9.87. The highest BCUT2D eigenvalue weighted by molar-refractivity contribution is 4.78. The molecule has 1 saturated carbocycles. The minimum atomic E-state index is -0.0683. The zero-order valence-electron chi connectivity index (χ0n) is 11.8. The van der Waals surface area contributed by atoms with Gasteiger partial charge in [0.05, 0.1) is 11.7 Å². The van der Waals surface area contributed by atoms with Gasteiger partial charge >= 0.3 is 0 Å². The lowest BCUT2D eigenvalue weighted by molar-refractivity contribution is 0.00778. The first-order valence-electron chi connectivity index (χ1n) is 6.89. The smallest absolute Gasteiger partial charge is 0.0637 e. The molecule has 0 aromatic heterocycles. The molecule has 1 aliphatic rings. The Labute approximate surface area is 106 Å². The lowest BCUT2D eigenvalue weighted by Crippen LogP contribution is -2.39. The zero-order chi connectivity index (χ0) is 12.9.